The second-order valence-electron chi connectivity index (χ2n) is 5.67. The first-order valence-corrected chi connectivity index (χ1v) is 7.71. The molecule has 0 aromatic carbocycles. The molecule has 7 heteroatoms. The van der Waals surface area contributed by atoms with E-state index in [-0.39, 0.29) is 29.6 Å². The molecule has 4 N–H and O–H groups in total. The fraction of sp³-hybridized carbons (Fsp3) is 0.600. The Bertz CT molecular complexity index is 582. The Balaban J connectivity index is 2.55. The first kappa shape index (κ1) is 16.4. The van der Waals surface area contributed by atoms with Gasteiger partial charge < -0.3 is 5.73 Å². The van der Waals surface area contributed by atoms with Gasteiger partial charge in [-0.05, 0) is 19.8 Å². The van der Waals surface area contributed by atoms with Gasteiger partial charge in [0, 0.05) is 12.3 Å². The highest BCUT2D eigenvalue weighted by Gasteiger charge is 2.28. The number of rotatable bonds is 4. The molecule has 0 bridgehead atoms. The molecule has 1 aromatic heterocycles. The lowest BCUT2D eigenvalue weighted by atomic mass is 9.85. The lowest BCUT2D eigenvalue weighted by Crippen LogP contribution is -2.40. The Kier molecular flexibility index (Phi) is 5.07. The molecule has 0 unspecified atom stereocenters. The number of hydrogen-bond donors (Lipinski definition) is 2. The number of carbonyl (C=O) groups excluding carboxylic acids is 2. The zero-order valence-corrected chi connectivity index (χ0v) is 13.1. The molecular weight excluding hydrogens is 282 g/mol. The molecule has 1 aliphatic carbocycles. The van der Waals surface area contributed by atoms with Crippen LogP contribution in [0.15, 0.2) is 0 Å². The maximum atomic E-state index is 12.0. The van der Waals surface area contributed by atoms with E-state index in [4.69, 9.17) is 11.6 Å². The van der Waals surface area contributed by atoms with E-state index in [2.05, 4.69) is 9.97 Å². The molecule has 0 atom stereocenters. The molecular formula is C15H23N5O2. The standard InChI is InChI=1S/C15H23N5O2/c1-3-11(21)20(17)15-12(14(16)22)13(18-9(2)19-15)10-7-5-4-6-8-10/h10H,3-8,17H2,1-2H3,(H2,16,22). The monoisotopic (exact) mass is 305 g/mol. The van der Waals surface area contributed by atoms with Crippen LogP contribution in [0.4, 0.5) is 5.82 Å². The predicted molar refractivity (Wildman–Crippen MR) is 83.1 cm³/mol. The quantitative estimate of drug-likeness (QED) is 0.497. The van der Waals surface area contributed by atoms with Crippen LogP contribution < -0.4 is 16.6 Å². The Hall–Kier alpha value is -2.02. The van der Waals surface area contributed by atoms with Crippen molar-refractivity contribution in [2.24, 2.45) is 11.6 Å². The number of anilines is 1. The largest absolute Gasteiger partial charge is 0.365 e. The minimum absolute atomic E-state index is 0.118. The summed E-state index contributed by atoms with van der Waals surface area (Å²) in [6.07, 6.45) is 5.53. The molecule has 7 nitrogen and oxygen atoms in total. The summed E-state index contributed by atoms with van der Waals surface area (Å²) in [7, 11) is 0. The molecule has 2 rings (SSSR count). The normalized spacial score (nSPS) is 15.6. The molecule has 0 saturated heterocycles. The lowest BCUT2D eigenvalue weighted by molar-refractivity contribution is -0.118. The minimum Gasteiger partial charge on any atom is -0.365 e. The summed E-state index contributed by atoms with van der Waals surface area (Å²) in [5.41, 5.74) is 6.35. The first-order valence-electron chi connectivity index (χ1n) is 7.71. The van der Waals surface area contributed by atoms with Gasteiger partial charge >= 0.3 is 0 Å². The third-order valence-electron chi connectivity index (χ3n) is 4.07. The first-order chi connectivity index (χ1) is 10.5. The maximum Gasteiger partial charge on any atom is 0.254 e. The van der Waals surface area contributed by atoms with Crippen LogP contribution in [0.1, 0.15) is 73.2 Å². The summed E-state index contributed by atoms with van der Waals surface area (Å²) < 4.78 is 0. The molecule has 22 heavy (non-hydrogen) atoms. The molecule has 1 saturated carbocycles. The van der Waals surface area contributed by atoms with Crippen molar-refractivity contribution in [1.82, 2.24) is 9.97 Å². The molecule has 120 valence electrons. The van der Waals surface area contributed by atoms with Gasteiger partial charge in [-0.15, -0.1) is 0 Å². The number of primary amides is 1. The minimum atomic E-state index is -0.644. The third kappa shape index (κ3) is 3.24. The van der Waals surface area contributed by atoms with Gasteiger partial charge in [-0.25, -0.2) is 20.8 Å². The van der Waals surface area contributed by atoms with Crippen molar-refractivity contribution >= 4 is 17.6 Å². The van der Waals surface area contributed by atoms with Gasteiger partial charge in [0.25, 0.3) is 5.91 Å². The third-order valence-corrected chi connectivity index (χ3v) is 4.07. The van der Waals surface area contributed by atoms with E-state index in [9.17, 15) is 9.59 Å². The van der Waals surface area contributed by atoms with Crippen LogP contribution in [-0.2, 0) is 4.79 Å². The topological polar surface area (TPSA) is 115 Å². The summed E-state index contributed by atoms with van der Waals surface area (Å²) in [6, 6.07) is 0. The second kappa shape index (κ2) is 6.83. The van der Waals surface area contributed by atoms with Crippen molar-refractivity contribution in [3.63, 3.8) is 0 Å². The Labute approximate surface area is 130 Å². The number of nitrogens with zero attached hydrogens (tertiary/aromatic N) is 3. The van der Waals surface area contributed by atoms with E-state index >= 15 is 0 Å². The van der Waals surface area contributed by atoms with Gasteiger partial charge in [0.15, 0.2) is 5.82 Å². The van der Waals surface area contributed by atoms with Gasteiger partial charge in [-0.3, -0.25) is 9.59 Å². The van der Waals surface area contributed by atoms with Gasteiger partial charge in [-0.1, -0.05) is 26.2 Å². The maximum absolute atomic E-state index is 12.0. The average Bonchev–Trinajstić information content (AvgIpc) is 2.53. The van der Waals surface area contributed by atoms with Crippen LogP contribution in [0.3, 0.4) is 0 Å². The zero-order valence-electron chi connectivity index (χ0n) is 13.1. The van der Waals surface area contributed by atoms with Crippen molar-refractivity contribution in [1.29, 1.82) is 0 Å². The van der Waals surface area contributed by atoms with E-state index in [0.717, 1.165) is 30.7 Å². The molecule has 1 aliphatic rings. The van der Waals surface area contributed by atoms with Gasteiger partial charge in [-0.2, -0.15) is 0 Å². The van der Waals surface area contributed by atoms with Crippen LogP contribution in [0.2, 0.25) is 0 Å². The molecule has 1 aromatic rings. The fourth-order valence-electron chi connectivity index (χ4n) is 2.95. The van der Waals surface area contributed by atoms with Crippen molar-refractivity contribution in [3.05, 3.63) is 17.1 Å². The Morgan fingerprint density at radius 2 is 1.86 bits per heavy atom. The lowest BCUT2D eigenvalue weighted by Gasteiger charge is -2.25. The van der Waals surface area contributed by atoms with Gasteiger partial charge in [0.2, 0.25) is 5.91 Å². The molecule has 1 fully saturated rings. The van der Waals surface area contributed by atoms with Crippen LogP contribution in [0.5, 0.6) is 0 Å². The van der Waals surface area contributed by atoms with Crippen LogP contribution >= 0.6 is 0 Å². The zero-order chi connectivity index (χ0) is 16.3. The van der Waals surface area contributed by atoms with Gasteiger partial charge in [0.05, 0.1) is 5.69 Å². The van der Waals surface area contributed by atoms with E-state index < -0.39 is 5.91 Å². The Morgan fingerprint density at radius 1 is 1.23 bits per heavy atom. The fourth-order valence-corrected chi connectivity index (χ4v) is 2.95. The second-order valence-corrected chi connectivity index (χ2v) is 5.67. The van der Waals surface area contributed by atoms with Crippen LogP contribution in [-0.4, -0.2) is 21.8 Å². The van der Waals surface area contributed by atoms with Crippen molar-refractivity contribution in [3.8, 4) is 0 Å². The molecule has 0 spiro atoms. The highest BCUT2D eigenvalue weighted by Crippen LogP contribution is 2.35. The molecule has 1 heterocycles. The predicted octanol–water partition coefficient (Wildman–Crippen LogP) is 1.55. The van der Waals surface area contributed by atoms with E-state index in [1.807, 2.05) is 0 Å². The summed E-state index contributed by atoms with van der Waals surface area (Å²) in [6.45, 7) is 3.42. The number of carbonyl (C=O) groups is 2. The SMILES string of the molecule is CCC(=O)N(N)c1nc(C)nc(C2CCCCC2)c1C(N)=O. The van der Waals surface area contributed by atoms with Crippen molar-refractivity contribution in [2.75, 3.05) is 5.01 Å². The molecule has 0 radical (unpaired) electrons. The molecule has 0 aliphatic heterocycles. The van der Waals surface area contributed by atoms with Crippen molar-refractivity contribution in [2.45, 2.75) is 58.3 Å². The van der Waals surface area contributed by atoms with Crippen LogP contribution in [0.25, 0.3) is 0 Å². The summed E-state index contributed by atoms with van der Waals surface area (Å²) in [4.78, 5) is 32.5. The molecule has 2 amide bonds. The summed E-state index contributed by atoms with van der Waals surface area (Å²) in [5, 5.41) is 0.918. The summed E-state index contributed by atoms with van der Waals surface area (Å²) in [5.74, 6) is 5.65. The summed E-state index contributed by atoms with van der Waals surface area (Å²) >= 11 is 0. The highest BCUT2D eigenvalue weighted by molar-refractivity contribution is 6.03. The number of hydrazine groups is 1. The number of aryl methyl sites for hydroxylation is 1. The van der Waals surface area contributed by atoms with Crippen molar-refractivity contribution < 1.29 is 9.59 Å². The number of aromatic nitrogens is 2. The number of hydrogen-bond acceptors (Lipinski definition) is 5. The van der Waals surface area contributed by atoms with Gasteiger partial charge in [0.1, 0.15) is 11.4 Å². The van der Waals surface area contributed by atoms with E-state index in [1.165, 1.54) is 6.42 Å². The van der Waals surface area contributed by atoms with E-state index in [0.29, 0.717) is 11.5 Å². The number of amides is 2. The average molecular weight is 305 g/mol. The Morgan fingerprint density at radius 3 is 2.41 bits per heavy atom. The van der Waals surface area contributed by atoms with Crippen LogP contribution in [0, 0.1) is 6.92 Å². The number of nitrogens with two attached hydrogens (primary N) is 2. The smallest absolute Gasteiger partial charge is 0.254 e. The highest BCUT2D eigenvalue weighted by atomic mass is 16.2. The van der Waals surface area contributed by atoms with E-state index in [1.54, 1.807) is 13.8 Å².